The molecule has 0 amide bonds. The Morgan fingerprint density at radius 1 is 1.05 bits per heavy atom. The largest absolute Gasteiger partial charge is 0.494 e. The summed E-state index contributed by atoms with van der Waals surface area (Å²) in [4.78, 5) is 4.49. The number of oxazole rings is 1. The molecule has 3 heteroatoms. The van der Waals surface area contributed by atoms with Crippen LogP contribution in [-0.2, 0) is 0 Å². The Morgan fingerprint density at radius 3 is 2.16 bits per heavy atom. The van der Waals surface area contributed by atoms with E-state index in [0.717, 1.165) is 22.7 Å². The Hall–Kier alpha value is -1.51. The number of ether oxygens (including phenoxy) is 1. The van der Waals surface area contributed by atoms with Gasteiger partial charge in [0.05, 0.1) is 7.11 Å². The lowest BCUT2D eigenvalue weighted by atomic mass is 10.0. The van der Waals surface area contributed by atoms with Crippen LogP contribution in [0.25, 0.3) is 11.1 Å². The first-order chi connectivity index (χ1) is 9.02. The molecule has 0 N–H and O–H groups in total. The van der Waals surface area contributed by atoms with Crippen molar-refractivity contribution in [3.8, 4) is 5.75 Å². The summed E-state index contributed by atoms with van der Waals surface area (Å²) in [5.41, 5.74) is 2.85. The molecule has 0 aliphatic carbocycles. The normalized spacial score (nSPS) is 10.8. The van der Waals surface area contributed by atoms with E-state index in [1.54, 1.807) is 7.11 Å². The summed E-state index contributed by atoms with van der Waals surface area (Å²) >= 11 is 0. The molecule has 19 heavy (non-hydrogen) atoms. The van der Waals surface area contributed by atoms with Gasteiger partial charge in [0, 0.05) is 5.92 Å². The maximum atomic E-state index is 5.77. The van der Waals surface area contributed by atoms with E-state index in [1.165, 1.54) is 5.56 Å². The molecule has 0 fully saturated rings. The smallest absolute Gasteiger partial charge is 0.198 e. The Bertz CT molecular complexity index is 527. The zero-order valence-corrected chi connectivity index (χ0v) is 13.1. The molecule has 0 aliphatic heterocycles. The number of nitrogens with zero attached hydrogens (tertiary/aromatic N) is 1. The Labute approximate surface area is 116 Å². The third kappa shape index (κ3) is 3.28. The van der Waals surface area contributed by atoms with Gasteiger partial charge in [0.25, 0.3) is 0 Å². The van der Waals surface area contributed by atoms with E-state index in [1.807, 2.05) is 19.9 Å². The molecule has 0 unspecified atom stereocenters. The SMILES string of the molecule is CC.COc1cc(C(C)C)cc2oc(C(C)C)nc12. The second-order valence-electron chi connectivity index (χ2n) is 4.93. The summed E-state index contributed by atoms with van der Waals surface area (Å²) in [5.74, 6) is 2.29. The van der Waals surface area contributed by atoms with E-state index in [9.17, 15) is 0 Å². The summed E-state index contributed by atoms with van der Waals surface area (Å²) < 4.78 is 11.2. The van der Waals surface area contributed by atoms with Gasteiger partial charge < -0.3 is 9.15 Å². The van der Waals surface area contributed by atoms with Crippen molar-refractivity contribution < 1.29 is 9.15 Å². The van der Waals surface area contributed by atoms with Gasteiger partial charge in [-0.05, 0) is 23.6 Å². The molecular formula is C16H25NO2. The van der Waals surface area contributed by atoms with Crippen molar-refractivity contribution in [3.63, 3.8) is 0 Å². The second-order valence-corrected chi connectivity index (χ2v) is 4.93. The fourth-order valence-corrected chi connectivity index (χ4v) is 1.77. The number of fused-ring (bicyclic) bond motifs is 1. The lowest BCUT2D eigenvalue weighted by molar-refractivity contribution is 0.418. The summed E-state index contributed by atoms with van der Waals surface area (Å²) in [6.07, 6.45) is 0. The number of hydrogen-bond acceptors (Lipinski definition) is 3. The van der Waals surface area contributed by atoms with Gasteiger partial charge in [-0.15, -0.1) is 0 Å². The molecule has 3 nitrogen and oxygen atoms in total. The standard InChI is InChI=1S/C14H19NO2.C2H6/c1-8(2)10-6-11(16-5)13-12(7-10)17-14(15-13)9(3)4;1-2/h6-9H,1-5H3;1-2H3. The summed E-state index contributed by atoms with van der Waals surface area (Å²) in [7, 11) is 1.67. The van der Waals surface area contributed by atoms with E-state index >= 15 is 0 Å². The molecular weight excluding hydrogens is 238 g/mol. The molecule has 0 saturated heterocycles. The van der Waals surface area contributed by atoms with Crippen LogP contribution in [0.5, 0.6) is 5.75 Å². The van der Waals surface area contributed by atoms with Crippen molar-refractivity contribution in [1.29, 1.82) is 0 Å². The van der Waals surface area contributed by atoms with Gasteiger partial charge in [0.15, 0.2) is 17.0 Å². The van der Waals surface area contributed by atoms with Crippen LogP contribution in [0.2, 0.25) is 0 Å². The van der Waals surface area contributed by atoms with Gasteiger partial charge in [-0.3, -0.25) is 0 Å². The van der Waals surface area contributed by atoms with Crippen molar-refractivity contribution in [1.82, 2.24) is 4.98 Å². The van der Waals surface area contributed by atoms with Crippen LogP contribution in [0.1, 0.15) is 64.8 Å². The van der Waals surface area contributed by atoms with E-state index in [0.29, 0.717) is 5.92 Å². The first kappa shape index (κ1) is 15.5. The molecule has 0 spiro atoms. The van der Waals surface area contributed by atoms with Gasteiger partial charge in [-0.1, -0.05) is 41.5 Å². The molecule has 2 aromatic rings. The van der Waals surface area contributed by atoms with Crippen molar-refractivity contribution in [3.05, 3.63) is 23.6 Å². The number of rotatable bonds is 3. The van der Waals surface area contributed by atoms with Gasteiger partial charge in [-0.25, -0.2) is 4.98 Å². The van der Waals surface area contributed by atoms with Crippen LogP contribution in [0, 0.1) is 0 Å². The molecule has 0 saturated carbocycles. The lowest BCUT2D eigenvalue weighted by Gasteiger charge is -2.07. The number of aromatic nitrogens is 1. The van der Waals surface area contributed by atoms with Gasteiger partial charge in [0.2, 0.25) is 0 Å². The lowest BCUT2D eigenvalue weighted by Crippen LogP contribution is -1.91. The van der Waals surface area contributed by atoms with E-state index in [2.05, 4.69) is 38.7 Å². The minimum absolute atomic E-state index is 0.287. The Morgan fingerprint density at radius 2 is 1.68 bits per heavy atom. The van der Waals surface area contributed by atoms with E-state index in [4.69, 9.17) is 9.15 Å². The number of methoxy groups -OCH3 is 1. The molecule has 2 rings (SSSR count). The molecule has 1 aromatic carbocycles. The van der Waals surface area contributed by atoms with E-state index in [-0.39, 0.29) is 5.92 Å². The third-order valence-corrected chi connectivity index (χ3v) is 2.88. The summed E-state index contributed by atoms with van der Waals surface area (Å²) in [6, 6.07) is 4.10. The zero-order valence-electron chi connectivity index (χ0n) is 13.1. The molecule has 1 heterocycles. The van der Waals surface area contributed by atoms with Crippen molar-refractivity contribution in [2.24, 2.45) is 0 Å². The topological polar surface area (TPSA) is 35.3 Å². The number of benzene rings is 1. The summed E-state index contributed by atoms with van der Waals surface area (Å²) in [5, 5.41) is 0. The monoisotopic (exact) mass is 263 g/mol. The predicted octanol–water partition coefficient (Wildman–Crippen LogP) is 5.11. The summed E-state index contributed by atoms with van der Waals surface area (Å²) in [6.45, 7) is 12.4. The van der Waals surface area contributed by atoms with Crippen LogP contribution in [0.15, 0.2) is 16.5 Å². The highest BCUT2D eigenvalue weighted by molar-refractivity contribution is 5.81. The fourth-order valence-electron chi connectivity index (χ4n) is 1.77. The van der Waals surface area contributed by atoms with E-state index < -0.39 is 0 Å². The first-order valence-electron chi connectivity index (χ1n) is 7.01. The fraction of sp³-hybridized carbons (Fsp3) is 0.562. The van der Waals surface area contributed by atoms with Gasteiger partial charge in [-0.2, -0.15) is 0 Å². The molecule has 0 bridgehead atoms. The van der Waals surface area contributed by atoms with Gasteiger partial charge >= 0.3 is 0 Å². The molecule has 0 atom stereocenters. The zero-order chi connectivity index (χ0) is 14.6. The van der Waals surface area contributed by atoms with Crippen molar-refractivity contribution in [2.75, 3.05) is 7.11 Å². The third-order valence-electron chi connectivity index (χ3n) is 2.88. The minimum Gasteiger partial charge on any atom is -0.494 e. The van der Waals surface area contributed by atoms with Crippen LogP contribution < -0.4 is 4.74 Å². The highest BCUT2D eigenvalue weighted by Gasteiger charge is 2.15. The van der Waals surface area contributed by atoms with Crippen LogP contribution in [0.4, 0.5) is 0 Å². The molecule has 1 aromatic heterocycles. The maximum Gasteiger partial charge on any atom is 0.198 e. The average Bonchev–Trinajstić information content (AvgIpc) is 2.83. The van der Waals surface area contributed by atoms with Crippen molar-refractivity contribution in [2.45, 2.75) is 53.4 Å². The Balaban J connectivity index is 0.000000861. The highest BCUT2D eigenvalue weighted by atomic mass is 16.5. The van der Waals surface area contributed by atoms with Gasteiger partial charge in [0.1, 0.15) is 5.75 Å². The first-order valence-corrected chi connectivity index (χ1v) is 7.01. The van der Waals surface area contributed by atoms with Crippen molar-refractivity contribution >= 4 is 11.1 Å². The minimum atomic E-state index is 0.287. The molecule has 0 radical (unpaired) electrons. The predicted molar refractivity (Wildman–Crippen MR) is 80.1 cm³/mol. The van der Waals surface area contributed by atoms with Crippen LogP contribution in [-0.4, -0.2) is 12.1 Å². The second kappa shape index (κ2) is 6.60. The maximum absolute atomic E-state index is 5.77. The molecule has 0 aliphatic rings. The quantitative estimate of drug-likeness (QED) is 0.772. The van der Waals surface area contributed by atoms with Crippen LogP contribution in [0.3, 0.4) is 0 Å². The van der Waals surface area contributed by atoms with Crippen LogP contribution >= 0.6 is 0 Å². The highest BCUT2D eigenvalue weighted by Crippen LogP contribution is 2.32. The number of hydrogen-bond donors (Lipinski definition) is 0. The Kier molecular flexibility index (Phi) is 5.40. The average molecular weight is 263 g/mol. The molecule has 106 valence electrons.